The molecule has 7 atom stereocenters. The van der Waals surface area contributed by atoms with Crippen LogP contribution >= 0.6 is 0 Å². The highest BCUT2D eigenvalue weighted by atomic mass is 32.2. The molecule has 9 heterocycles. The Morgan fingerprint density at radius 3 is 1.11 bits per heavy atom. The topological polar surface area (TPSA) is 376 Å². The van der Waals surface area contributed by atoms with Crippen molar-refractivity contribution in [2.45, 2.75) is 433 Å². The van der Waals surface area contributed by atoms with E-state index in [0.717, 1.165) is 90.6 Å². The first-order chi connectivity index (χ1) is 63.2. The smallest absolute Gasteiger partial charge is 0.315 e. The Morgan fingerprint density at radius 2 is 0.801 bits per heavy atom. The van der Waals surface area contributed by atoms with Crippen molar-refractivity contribution in [2.75, 3.05) is 149 Å². The van der Waals surface area contributed by atoms with Crippen LogP contribution in [0.25, 0.3) is 0 Å². The summed E-state index contributed by atoms with van der Waals surface area (Å²) < 4.78 is 193. The summed E-state index contributed by atoms with van der Waals surface area (Å²) in [5.41, 5.74) is 0.305. The zero-order valence-electron chi connectivity index (χ0n) is 87.5. The first kappa shape index (κ1) is 131. The maximum Gasteiger partial charge on any atom is 0.315 e. The van der Waals surface area contributed by atoms with Crippen LogP contribution in [0.1, 0.15) is 275 Å². The van der Waals surface area contributed by atoms with E-state index < -0.39 is 92.1 Å². The number of sulfone groups is 1. The molecule has 11 fully saturated rings. The van der Waals surface area contributed by atoms with E-state index in [1.165, 1.54) is 40.1 Å². The van der Waals surface area contributed by atoms with Gasteiger partial charge < -0.3 is 103 Å². The van der Waals surface area contributed by atoms with Gasteiger partial charge in [-0.15, -0.1) is 0 Å². The summed E-state index contributed by atoms with van der Waals surface area (Å²) in [6, 6.07) is 0. The van der Waals surface area contributed by atoms with Gasteiger partial charge in [-0.25, -0.2) is 38.7 Å². The van der Waals surface area contributed by atoms with Gasteiger partial charge >= 0.3 is 6.43 Å². The Bertz CT molecular complexity index is 3370. The Labute approximate surface area is 816 Å². The monoisotopic (exact) mass is 2030 g/mol. The number of carbonyl (C=O) groups is 4. The number of piperidine rings is 7. The minimum absolute atomic E-state index is 0.00616. The fraction of sp³-hybridized carbons (Fsp3) is 0.958. The lowest BCUT2D eigenvalue weighted by atomic mass is 9.65. The third kappa shape index (κ3) is 56.9. The van der Waals surface area contributed by atoms with Crippen LogP contribution in [0.15, 0.2) is 0 Å². The second kappa shape index (κ2) is 67.5. The number of carbonyl (C=O) groups excluding carboxylic acids is 4. The number of ether oxygens (including phenoxy) is 11. The number of aliphatic hydroxyl groups excluding tert-OH is 4. The molecule has 4 amide bonds. The summed E-state index contributed by atoms with van der Waals surface area (Å²) >= 11 is 0. The molecule has 0 bridgehead atoms. The van der Waals surface area contributed by atoms with Crippen molar-refractivity contribution in [1.29, 1.82) is 0 Å². The van der Waals surface area contributed by atoms with Crippen molar-refractivity contribution >= 4 is 54.3 Å². The molecule has 6 N–H and O–H groups in total. The summed E-state index contributed by atoms with van der Waals surface area (Å²) in [6.07, 6.45) is 13.0. The standard InChI is InChI=1S/C11H21NO3.C10H17F2NO2.C10H18FNO3.C10H19NO2.C9H19NO3S.C9H18O3.C9H16O2.C8H15F2NO.C8H16FNO.C8H16O3S.C4H10OS/c1-8(2)15-10-4-6-12(7-5-10)11(14)9(3)13;1-7(2)15-8-3-5-13(6-4-8)10(14)9(11)12;1-7(2)15-9-3-4-12(5-8(9)11)10(14)6-13;1-8(2)13-10-4-6-11(7-5-10)9(3)12;1-8(2)13-9-4-6-10(7-5-9)14(3,11)12;1-7(2)12-8-3-9(4-8,5-10)6-11;1-7(2)11-8-3-9(4-8)5-10-6-9;1-6(2)12-7-3-4-11-5-8(7,9)10;1-6(2)11-8-3-4-10-5-7(8)9;1-7(2)11-8-3-5-12(9,10)6-4-8;1-4(2)6(3)5/h8-10,13H,4-7H2,1-3H3;7-9H,3-6H2,1-2H3;7-9,13H,3-6H2,1-2H3;8,10H,4-7H2,1-3H3;8-9H,4-7H2,1-3H3;7-8,10-11H,3-6H2,1-2H3;7-8H,3-6H2,1-2H3;6-7,11H,3-5H2,1-2H3;6-8,10H,3-5H2,1-2H3;7-8H,3-6H2,1-2H3;4H,1-3H3/t9-;;8-,9+;;;;;;7-,8+;;/m0.1.....1../s1. The van der Waals surface area contributed by atoms with Crippen molar-refractivity contribution in [1.82, 2.24) is 34.5 Å². The Morgan fingerprint density at radius 1 is 0.463 bits per heavy atom. The molecule has 11 aliphatic rings. The number of aliphatic hydroxyl groups is 4. The highest BCUT2D eigenvalue weighted by Crippen LogP contribution is 2.48. The largest absolute Gasteiger partial charge is 0.396 e. The molecule has 11 rings (SSSR count). The highest BCUT2D eigenvalue weighted by molar-refractivity contribution is 7.91. The predicted molar refractivity (Wildman–Crippen MR) is 520 cm³/mol. The molecule has 1 spiro atoms. The molecular weight excluding hydrogens is 1850 g/mol. The number of amides is 4. The van der Waals surface area contributed by atoms with E-state index in [-0.39, 0.29) is 129 Å². The van der Waals surface area contributed by atoms with Crippen molar-refractivity contribution in [3.63, 3.8) is 0 Å². The van der Waals surface area contributed by atoms with Crippen molar-refractivity contribution in [3.05, 3.63) is 0 Å². The van der Waals surface area contributed by atoms with E-state index in [1.807, 2.05) is 116 Å². The number of nitrogens with one attached hydrogen (secondary N) is 2. The molecule has 0 aromatic rings. The van der Waals surface area contributed by atoms with Gasteiger partial charge in [0.15, 0.2) is 9.84 Å². The molecule has 40 heteroatoms. The van der Waals surface area contributed by atoms with E-state index >= 15 is 0 Å². The molecular formula is C96H185F6N7O24S3. The third-order valence-corrected chi connectivity index (χ3v) is 27.8. The fourth-order valence-electron chi connectivity index (χ4n) is 16.4. The molecule has 9 saturated heterocycles. The first-order valence-corrected chi connectivity index (χ1v) is 55.1. The Balaban J connectivity index is 0.000000751. The van der Waals surface area contributed by atoms with Crippen LogP contribution in [-0.2, 0) is 102 Å². The van der Waals surface area contributed by atoms with Crippen LogP contribution in [0.5, 0.6) is 0 Å². The summed E-state index contributed by atoms with van der Waals surface area (Å²) in [5.74, 6) is -3.57. The average molecular weight is 2030 g/mol. The minimum atomic E-state index is -3.00. The van der Waals surface area contributed by atoms with Crippen LogP contribution in [0, 0.1) is 10.8 Å². The number of halogens is 6. The van der Waals surface area contributed by atoms with Gasteiger partial charge in [0.25, 0.3) is 17.7 Å². The summed E-state index contributed by atoms with van der Waals surface area (Å²) in [4.78, 5) is 50.7. The number of nitrogens with zero attached hydrogens (tertiary/aromatic N) is 5. The SMILES string of the molecule is CC(=O)N1CCC(OC(C)C)CC1.CC(C)OC1CC(CO)(CO)C1.CC(C)OC1CC2(COC2)C1.CC(C)OC1CCN(C(=O)C(F)F)CC1.CC(C)OC1CCN(C(=O)[C@H](C)O)CC1.CC(C)OC1CCN(S(C)(=O)=O)CC1.CC(C)OC1CCNCC1(F)F.CC(C)OC1CCS(=O)(=O)CC1.CC(C)O[C@H]1CCN(C(=O)CO)C[C@H]1F.CC(C)O[C@H]1CCNC[C@H]1F.CC(C)S(C)=O. The quantitative estimate of drug-likeness (QED) is 0.0416. The van der Waals surface area contributed by atoms with Crippen LogP contribution in [-0.4, -0.2) is 396 Å². The number of likely N-dealkylation sites (tertiary alicyclic amines) is 4. The van der Waals surface area contributed by atoms with E-state index in [1.54, 1.807) is 31.9 Å². The van der Waals surface area contributed by atoms with Crippen LogP contribution in [0.2, 0.25) is 0 Å². The first-order valence-electron chi connectivity index (χ1n) is 49.8. The lowest BCUT2D eigenvalue weighted by Crippen LogP contribution is -2.55. The van der Waals surface area contributed by atoms with Gasteiger partial charge in [0.1, 0.15) is 31.2 Å². The van der Waals surface area contributed by atoms with Gasteiger partial charge in [-0.05, 0) is 268 Å². The molecule has 136 heavy (non-hydrogen) atoms. The van der Waals surface area contributed by atoms with Crippen molar-refractivity contribution in [3.8, 4) is 0 Å². The number of hydrogen-bond acceptors (Lipinski definition) is 26. The molecule has 0 radical (unpaired) electrons. The molecule has 2 saturated carbocycles. The van der Waals surface area contributed by atoms with Crippen molar-refractivity contribution < 1.29 is 139 Å². The highest BCUT2D eigenvalue weighted by Gasteiger charge is 2.51. The minimum Gasteiger partial charge on any atom is -0.396 e. The molecule has 0 aromatic heterocycles. The second-order valence-corrected chi connectivity index (χ2v) is 46.5. The van der Waals surface area contributed by atoms with E-state index in [4.69, 9.17) is 72.5 Å². The summed E-state index contributed by atoms with van der Waals surface area (Å²) in [6.45, 7) is 55.1. The number of alkyl halides is 6. The number of sulfonamides is 1. The maximum absolute atomic E-state index is 13.6. The van der Waals surface area contributed by atoms with E-state index in [2.05, 4.69) is 38.3 Å². The van der Waals surface area contributed by atoms with Gasteiger partial charge in [0, 0.05) is 106 Å². The molecule has 9 aliphatic heterocycles. The van der Waals surface area contributed by atoms with Crippen LogP contribution < -0.4 is 10.6 Å². The Kier molecular flexibility index (Phi) is 64.9. The van der Waals surface area contributed by atoms with Crippen LogP contribution in [0.3, 0.4) is 0 Å². The lowest BCUT2D eigenvalue weighted by molar-refractivity contribution is -0.216. The second-order valence-electron chi connectivity index (χ2n) is 40.3. The summed E-state index contributed by atoms with van der Waals surface area (Å²) in [7, 11) is -6.35. The van der Waals surface area contributed by atoms with Gasteiger partial charge in [0.05, 0.1) is 173 Å². The predicted octanol–water partition coefficient (Wildman–Crippen LogP) is 11.5. The fourth-order valence-corrected chi connectivity index (χ4v) is 18.7. The zero-order valence-corrected chi connectivity index (χ0v) is 89.9. The maximum atomic E-state index is 13.6. The summed E-state index contributed by atoms with van der Waals surface area (Å²) in [5, 5.41) is 41.7. The average Bonchev–Trinajstić information content (AvgIpc) is 0.763. The molecule has 31 nitrogen and oxygen atoms in total. The third-order valence-electron chi connectivity index (χ3n) is 23.4. The van der Waals surface area contributed by atoms with E-state index in [9.17, 15) is 66.6 Å². The Hall–Kier alpha value is -3.21. The molecule has 0 aromatic carbocycles. The van der Waals surface area contributed by atoms with Gasteiger partial charge in [-0.3, -0.25) is 23.4 Å². The zero-order chi connectivity index (χ0) is 104. The van der Waals surface area contributed by atoms with E-state index in [0.29, 0.717) is 144 Å². The molecule has 808 valence electrons. The number of hydrogen-bond donors (Lipinski definition) is 6. The van der Waals surface area contributed by atoms with Crippen LogP contribution in [0.4, 0.5) is 26.3 Å². The van der Waals surface area contributed by atoms with Gasteiger partial charge in [0.2, 0.25) is 21.8 Å². The number of rotatable bonds is 27. The van der Waals surface area contributed by atoms with Crippen molar-refractivity contribution in [2.24, 2.45) is 10.8 Å². The van der Waals surface area contributed by atoms with Gasteiger partial charge in [-0.2, -0.15) is 8.78 Å². The molecule has 2 unspecified atom stereocenters. The normalized spacial score (nSPS) is 23.9. The molecule has 2 aliphatic carbocycles. The van der Waals surface area contributed by atoms with Gasteiger partial charge in [-0.1, -0.05) is 13.8 Å². The lowest BCUT2D eigenvalue weighted by Gasteiger charge is -2.53.